The summed E-state index contributed by atoms with van der Waals surface area (Å²) in [6, 6.07) is 7.35. The first-order valence-corrected chi connectivity index (χ1v) is 6.76. The zero-order valence-electron chi connectivity index (χ0n) is 11.9. The average Bonchev–Trinajstić information content (AvgIpc) is 2.88. The van der Waals surface area contributed by atoms with Crippen LogP contribution in [0.1, 0.15) is 20.8 Å². The van der Waals surface area contributed by atoms with Crippen LogP contribution in [0.2, 0.25) is 5.02 Å². The van der Waals surface area contributed by atoms with E-state index in [-0.39, 0.29) is 5.41 Å². The van der Waals surface area contributed by atoms with Crippen LogP contribution in [0.25, 0.3) is 6.20 Å². The Kier molecular flexibility index (Phi) is 4.45. The SMILES string of the molecule is CC(C)(C)C(=Cn1cncn1)COc1ccc(Cl)cc1. The van der Waals surface area contributed by atoms with Crippen LogP contribution >= 0.6 is 11.6 Å². The molecule has 1 aromatic carbocycles. The number of hydrogen-bond acceptors (Lipinski definition) is 3. The standard InChI is InChI=1S/C15H18ClN3O/c1-15(2,3)12(8-19-11-17-10-18-19)9-20-14-6-4-13(16)5-7-14/h4-8,10-11H,9H2,1-3H3. The first kappa shape index (κ1) is 14.6. The molecule has 0 amide bonds. The highest BCUT2D eigenvalue weighted by Gasteiger charge is 2.18. The first-order chi connectivity index (χ1) is 9.45. The maximum absolute atomic E-state index is 5.86. The van der Waals surface area contributed by atoms with Gasteiger partial charge >= 0.3 is 0 Å². The maximum atomic E-state index is 5.86. The molecule has 0 saturated heterocycles. The first-order valence-electron chi connectivity index (χ1n) is 6.39. The molecule has 4 nitrogen and oxygen atoms in total. The van der Waals surface area contributed by atoms with Gasteiger partial charge in [0, 0.05) is 11.2 Å². The molecule has 0 unspecified atom stereocenters. The summed E-state index contributed by atoms with van der Waals surface area (Å²) in [5.74, 6) is 0.795. The van der Waals surface area contributed by atoms with Crippen LogP contribution in [-0.4, -0.2) is 21.4 Å². The highest BCUT2D eigenvalue weighted by molar-refractivity contribution is 6.30. The van der Waals surface area contributed by atoms with Crippen molar-refractivity contribution in [3.63, 3.8) is 0 Å². The molecule has 2 rings (SSSR count). The van der Waals surface area contributed by atoms with Crippen LogP contribution in [0.3, 0.4) is 0 Å². The number of benzene rings is 1. The average molecular weight is 292 g/mol. The van der Waals surface area contributed by atoms with Crippen LogP contribution in [-0.2, 0) is 0 Å². The summed E-state index contributed by atoms with van der Waals surface area (Å²) >= 11 is 5.86. The molecular weight excluding hydrogens is 274 g/mol. The lowest BCUT2D eigenvalue weighted by Gasteiger charge is -2.23. The normalized spacial score (nSPS) is 12.5. The minimum Gasteiger partial charge on any atom is -0.489 e. The lowest BCUT2D eigenvalue weighted by atomic mass is 9.87. The Morgan fingerprint density at radius 2 is 2.00 bits per heavy atom. The molecule has 0 N–H and O–H groups in total. The Hall–Kier alpha value is -1.81. The van der Waals surface area contributed by atoms with Gasteiger partial charge in [-0.25, -0.2) is 9.67 Å². The van der Waals surface area contributed by atoms with Gasteiger partial charge in [-0.2, -0.15) is 5.10 Å². The maximum Gasteiger partial charge on any atom is 0.138 e. The Labute approximate surface area is 124 Å². The third-order valence-electron chi connectivity index (χ3n) is 2.90. The Balaban J connectivity index is 2.11. The third-order valence-corrected chi connectivity index (χ3v) is 3.15. The Morgan fingerprint density at radius 1 is 1.30 bits per heavy atom. The molecule has 0 aliphatic heterocycles. The predicted octanol–water partition coefficient (Wildman–Crippen LogP) is 3.90. The van der Waals surface area contributed by atoms with Crippen molar-refractivity contribution >= 4 is 17.8 Å². The molecule has 0 saturated carbocycles. The molecule has 0 aliphatic rings. The second-order valence-electron chi connectivity index (χ2n) is 5.52. The van der Waals surface area contributed by atoms with Gasteiger partial charge in [-0.3, -0.25) is 0 Å². The molecule has 106 valence electrons. The molecule has 0 aliphatic carbocycles. The Bertz CT molecular complexity index is 568. The van der Waals surface area contributed by atoms with E-state index in [1.54, 1.807) is 11.0 Å². The van der Waals surface area contributed by atoms with Crippen molar-refractivity contribution in [2.45, 2.75) is 20.8 Å². The molecule has 0 spiro atoms. The van der Waals surface area contributed by atoms with Crippen LogP contribution in [0.4, 0.5) is 0 Å². The molecule has 2 aromatic rings. The summed E-state index contributed by atoms with van der Waals surface area (Å²) in [5, 5.41) is 4.79. The van der Waals surface area contributed by atoms with Crippen molar-refractivity contribution < 1.29 is 4.74 Å². The minimum atomic E-state index is -0.0155. The highest BCUT2D eigenvalue weighted by Crippen LogP contribution is 2.27. The van der Waals surface area contributed by atoms with Crippen molar-refractivity contribution in [1.29, 1.82) is 0 Å². The van der Waals surface area contributed by atoms with Gasteiger partial charge in [0.05, 0.1) is 0 Å². The number of nitrogens with zero attached hydrogens (tertiary/aromatic N) is 3. The number of ether oxygens (including phenoxy) is 1. The predicted molar refractivity (Wildman–Crippen MR) is 80.7 cm³/mol. The van der Waals surface area contributed by atoms with Crippen LogP contribution in [0.15, 0.2) is 42.5 Å². The second-order valence-corrected chi connectivity index (χ2v) is 5.96. The number of halogens is 1. The van der Waals surface area contributed by atoms with E-state index in [1.165, 1.54) is 6.33 Å². The zero-order valence-corrected chi connectivity index (χ0v) is 12.6. The fourth-order valence-corrected chi connectivity index (χ4v) is 1.71. The molecule has 5 heteroatoms. The third kappa shape index (κ3) is 4.10. The second kappa shape index (κ2) is 6.09. The molecule has 0 fully saturated rings. The monoisotopic (exact) mass is 291 g/mol. The van der Waals surface area contributed by atoms with Crippen LogP contribution < -0.4 is 4.74 Å². The van der Waals surface area contributed by atoms with Gasteiger partial charge in [0.15, 0.2) is 0 Å². The lowest BCUT2D eigenvalue weighted by molar-refractivity contribution is 0.316. The van der Waals surface area contributed by atoms with Crippen molar-refractivity contribution in [1.82, 2.24) is 14.8 Å². The van der Waals surface area contributed by atoms with E-state index in [4.69, 9.17) is 16.3 Å². The minimum absolute atomic E-state index is 0.0155. The molecule has 20 heavy (non-hydrogen) atoms. The van der Waals surface area contributed by atoms with Crippen molar-refractivity contribution in [3.8, 4) is 5.75 Å². The Morgan fingerprint density at radius 3 is 2.55 bits per heavy atom. The van der Waals surface area contributed by atoms with Gasteiger partial charge in [0.25, 0.3) is 0 Å². The van der Waals surface area contributed by atoms with E-state index in [1.807, 2.05) is 30.5 Å². The lowest BCUT2D eigenvalue weighted by Crippen LogP contribution is -2.17. The zero-order chi connectivity index (χ0) is 14.6. The van der Waals surface area contributed by atoms with Crippen LogP contribution in [0.5, 0.6) is 5.75 Å². The van der Waals surface area contributed by atoms with E-state index in [0.717, 1.165) is 11.3 Å². The van der Waals surface area contributed by atoms with Gasteiger partial charge in [-0.15, -0.1) is 0 Å². The van der Waals surface area contributed by atoms with Gasteiger partial charge in [-0.05, 0) is 35.3 Å². The number of rotatable bonds is 4. The van der Waals surface area contributed by atoms with Crippen molar-refractivity contribution in [2.75, 3.05) is 6.61 Å². The molecule has 0 atom stereocenters. The summed E-state index contributed by atoms with van der Waals surface area (Å²) in [6.45, 7) is 6.91. The van der Waals surface area contributed by atoms with Crippen molar-refractivity contribution in [3.05, 3.63) is 47.5 Å². The van der Waals surface area contributed by atoms with Gasteiger partial charge in [0.2, 0.25) is 0 Å². The quantitative estimate of drug-likeness (QED) is 0.858. The van der Waals surface area contributed by atoms with E-state index >= 15 is 0 Å². The molecule has 1 heterocycles. The largest absolute Gasteiger partial charge is 0.489 e. The highest BCUT2D eigenvalue weighted by atomic mass is 35.5. The summed E-state index contributed by atoms with van der Waals surface area (Å²) in [6.07, 6.45) is 5.12. The molecule has 1 aromatic heterocycles. The number of hydrogen-bond donors (Lipinski definition) is 0. The van der Waals surface area contributed by atoms with Gasteiger partial charge < -0.3 is 4.74 Å². The fourth-order valence-electron chi connectivity index (χ4n) is 1.58. The summed E-state index contributed by atoms with van der Waals surface area (Å²) in [4.78, 5) is 3.94. The smallest absolute Gasteiger partial charge is 0.138 e. The van der Waals surface area contributed by atoms with Crippen molar-refractivity contribution in [2.24, 2.45) is 5.41 Å². The molecule has 0 bridgehead atoms. The fraction of sp³-hybridized carbons (Fsp3) is 0.333. The molecular formula is C15H18ClN3O. The van der Waals surface area contributed by atoms with Gasteiger partial charge in [0.1, 0.15) is 25.0 Å². The summed E-state index contributed by atoms with van der Waals surface area (Å²) in [7, 11) is 0. The van der Waals surface area contributed by atoms with E-state index < -0.39 is 0 Å². The number of aromatic nitrogens is 3. The summed E-state index contributed by atoms with van der Waals surface area (Å²) < 4.78 is 7.50. The van der Waals surface area contributed by atoms with Crippen LogP contribution in [0, 0.1) is 5.41 Å². The van der Waals surface area contributed by atoms with E-state index in [9.17, 15) is 0 Å². The summed E-state index contributed by atoms with van der Waals surface area (Å²) in [5.41, 5.74) is 1.11. The topological polar surface area (TPSA) is 39.9 Å². The van der Waals surface area contributed by atoms with Gasteiger partial charge in [-0.1, -0.05) is 32.4 Å². The van der Waals surface area contributed by atoms with E-state index in [0.29, 0.717) is 11.6 Å². The molecule has 0 radical (unpaired) electrons. The van der Waals surface area contributed by atoms with E-state index in [2.05, 4.69) is 30.9 Å².